The fourth-order valence-electron chi connectivity index (χ4n) is 11.2. The Morgan fingerprint density at radius 1 is 0.667 bits per heavy atom. The van der Waals surface area contributed by atoms with Crippen molar-refractivity contribution in [2.24, 2.45) is 57.2 Å². The molecule has 6 rings (SSSR count). The summed E-state index contributed by atoms with van der Waals surface area (Å²) in [5.74, 6) is 1.78. The summed E-state index contributed by atoms with van der Waals surface area (Å²) in [7, 11) is 0. The van der Waals surface area contributed by atoms with E-state index in [9.17, 15) is 19.8 Å². The number of hydrogen-bond donors (Lipinski definition) is 2. The van der Waals surface area contributed by atoms with Crippen LogP contribution in [0.4, 0.5) is 0 Å². The average Bonchev–Trinajstić information content (AvgIpc) is 2.96. The van der Waals surface area contributed by atoms with Crippen LogP contribution in [0, 0.1) is 57.2 Å². The molecule has 0 bridgehead atoms. The van der Waals surface area contributed by atoms with Gasteiger partial charge in [-0.1, -0.05) is 89.8 Å². The molecular weight excluding hydrogens is 569 g/mol. The molecule has 0 aliphatic heterocycles. The van der Waals surface area contributed by atoms with Crippen LogP contribution in [0.25, 0.3) is 0 Å². The van der Waals surface area contributed by atoms with E-state index in [1.807, 2.05) is 13.8 Å². The van der Waals surface area contributed by atoms with Gasteiger partial charge in [0.2, 0.25) is 0 Å². The third kappa shape index (κ3) is 6.20. The van der Waals surface area contributed by atoms with Crippen LogP contribution < -0.4 is 0 Å². The van der Waals surface area contributed by atoms with Crippen molar-refractivity contribution in [3.8, 4) is 0 Å². The van der Waals surface area contributed by atoms with Crippen LogP contribution in [-0.2, 0) is 9.59 Å². The molecule has 6 aliphatic rings. The molecule has 4 nitrogen and oxygen atoms in total. The molecule has 0 unspecified atom stereocenters. The fraction of sp³-hybridized carbons (Fsp3) is 0.750. The first-order valence-corrected chi connectivity index (χ1v) is 17.9. The molecule has 6 aliphatic carbocycles. The third-order valence-corrected chi connectivity index (χ3v) is 14.1. The normalized spacial score (nSPS) is 40.4. The molecule has 0 saturated heterocycles. The van der Waals surface area contributed by atoms with E-state index in [0.717, 1.165) is 38.5 Å². The Hall–Kier alpha value is -1.33. The van der Waals surface area contributed by atoms with Crippen LogP contribution >= 0.6 is 0 Å². The van der Waals surface area contributed by atoms with Gasteiger partial charge in [-0.2, -0.15) is 0 Å². The molecule has 0 aromatic heterocycles. The topological polar surface area (TPSA) is 74.6 Å². The zero-order chi connectivity index (χ0) is 32.2. The molecule has 0 aromatic rings. The minimum absolute atomic E-state index is 0. The molecule has 2 radical (unpaired) electrons. The number of carboxylic acids is 2. The first-order chi connectivity index (χ1) is 20.6. The summed E-state index contributed by atoms with van der Waals surface area (Å²) >= 11 is 0. The molecule has 0 spiro atoms. The first-order valence-electron chi connectivity index (χ1n) is 17.9. The smallest absolute Gasteiger partial charge is 0.309 e. The number of aliphatic carboxylic acids is 2. The summed E-state index contributed by atoms with van der Waals surface area (Å²) in [6.07, 6.45) is 22.4. The molecule has 0 aromatic carbocycles. The highest BCUT2D eigenvalue weighted by atomic mass is 24.3. The molecule has 2 saturated carbocycles. The highest BCUT2D eigenvalue weighted by molar-refractivity contribution is 5.76. The van der Waals surface area contributed by atoms with Gasteiger partial charge in [-0.3, -0.25) is 9.59 Å². The minimum Gasteiger partial charge on any atom is -0.481 e. The van der Waals surface area contributed by atoms with E-state index in [4.69, 9.17) is 0 Å². The van der Waals surface area contributed by atoms with E-state index in [-0.39, 0.29) is 45.7 Å². The zero-order valence-electron chi connectivity index (χ0n) is 29.7. The molecule has 0 amide bonds. The second-order valence-corrected chi connectivity index (χ2v) is 17.1. The lowest BCUT2D eigenvalue weighted by Gasteiger charge is -2.57. The predicted molar refractivity (Wildman–Crippen MR) is 185 cm³/mol. The largest absolute Gasteiger partial charge is 0.481 e. The second kappa shape index (κ2) is 13.3. The van der Waals surface area contributed by atoms with Crippen molar-refractivity contribution in [2.45, 2.75) is 132 Å². The lowest BCUT2D eigenvalue weighted by molar-refractivity contribution is -0.163. The number of hydrogen-bond acceptors (Lipinski definition) is 2. The van der Waals surface area contributed by atoms with Gasteiger partial charge < -0.3 is 10.2 Å². The highest BCUT2D eigenvalue weighted by Gasteiger charge is 2.58. The van der Waals surface area contributed by atoms with Crippen molar-refractivity contribution in [1.29, 1.82) is 0 Å². The van der Waals surface area contributed by atoms with E-state index >= 15 is 0 Å². The first kappa shape index (κ1) is 36.5. The summed E-state index contributed by atoms with van der Waals surface area (Å²) in [4.78, 5) is 23.9. The number of fused-ring (bicyclic) bond motifs is 6. The summed E-state index contributed by atoms with van der Waals surface area (Å²) in [5, 5.41) is 19.7. The number of carbonyl (C=O) groups is 2. The molecule has 2 N–H and O–H groups in total. The van der Waals surface area contributed by atoms with Crippen LogP contribution in [0.2, 0.25) is 0 Å². The number of allylic oxidation sites excluding steroid dienone is 8. The van der Waals surface area contributed by atoms with Crippen molar-refractivity contribution in [3.05, 3.63) is 46.6 Å². The van der Waals surface area contributed by atoms with Crippen LogP contribution in [-0.4, -0.2) is 45.2 Å². The van der Waals surface area contributed by atoms with Gasteiger partial charge >= 0.3 is 11.9 Å². The van der Waals surface area contributed by atoms with Crippen molar-refractivity contribution in [2.75, 3.05) is 0 Å². The summed E-state index contributed by atoms with van der Waals surface area (Å²) in [6.45, 7) is 17.9. The lowest BCUT2D eigenvalue weighted by Crippen LogP contribution is -2.53. The Kier molecular flexibility index (Phi) is 10.8. The van der Waals surface area contributed by atoms with Gasteiger partial charge in [-0.05, 0) is 136 Å². The lowest BCUT2D eigenvalue weighted by atomic mass is 9.47. The molecule has 246 valence electrons. The van der Waals surface area contributed by atoms with Crippen molar-refractivity contribution < 1.29 is 19.8 Å². The Bertz CT molecular complexity index is 1190. The summed E-state index contributed by atoms with van der Waals surface area (Å²) in [6, 6.07) is 0. The third-order valence-electron chi connectivity index (χ3n) is 14.1. The Labute approximate surface area is 289 Å². The SMILES string of the molecule is CC(C)C1=CC2=CC[C@@H]3[C@](C)(CCC[C@@]3(C)C(=O)O)[C@H]2CC1.CC(C)C1=CC2=CC[C@@H]3[C@](C)(CCC[C@@]3(C)C(=O)O)[C@H]2CC1.[Mg]. The Morgan fingerprint density at radius 2 is 1.02 bits per heavy atom. The van der Waals surface area contributed by atoms with Gasteiger partial charge in [0.1, 0.15) is 0 Å². The summed E-state index contributed by atoms with van der Waals surface area (Å²) < 4.78 is 0. The summed E-state index contributed by atoms with van der Waals surface area (Å²) in [5.41, 5.74) is 5.38. The Balaban J connectivity index is 0.000000200. The molecule has 0 heterocycles. The fourth-order valence-corrected chi connectivity index (χ4v) is 11.2. The van der Waals surface area contributed by atoms with Crippen LogP contribution in [0.15, 0.2) is 46.6 Å². The monoisotopic (exact) mass is 628 g/mol. The van der Waals surface area contributed by atoms with Crippen LogP contribution in [0.3, 0.4) is 0 Å². The van der Waals surface area contributed by atoms with Crippen molar-refractivity contribution >= 4 is 35.0 Å². The van der Waals surface area contributed by atoms with Crippen molar-refractivity contribution in [3.63, 3.8) is 0 Å². The minimum atomic E-state index is -0.588. The van der Waals surface area contributed by atoms with Crippen molar-refractivity contribution in [1.82, 2.24) is 0 Å². The predicted octanol–water partition coefficient (Wildman–Crippen LogP) is 10.0. The van der Waals surface area contributed by atoms with Gasteiger partial charge in [-0.25, -0.2) is 0 Å². The van der Waals surface area contributed by atoms with E-state index in [1.54, 1.807) is 11.1 Å². The maximum absolute atomic E-state index is 11.9. The van der Waals surface area contributed by atoms with Gasteiger partial charge in [0.25, 0.3) is 0 Å². The molecule has 5 heteroatoms. The van der Waals surface area contributed by atoms with Crippen LogP contribution in [0.1, 0.15) is 132 Å². The molecule has 45 heavy (non-hydrogen) atoms. The molecule has 2 fully saturated rings. The van der Waals surface area contributed by atoms with E-state index < -0.39 is 22.8 Å². The van der Waals surface area contributed by atoms with E-state index in [2.05, 4.69) is 65.8 Å². The average molecular weight is 629 g/mol. The second-order valence-electron chi connectivity index (χ2n) is 17.1. The van der Waals surface area contributed by atoms with E-state index in [1.165, 1.54) is 49.7 Å². The van der Waals surface area contributed by atoms with Gasteiger partial charge in [-0.15, -0.1) is 0 Å². The number of rotatable bonds is 4. The zero-order valence-corrected chi connectivity index (χ0v) is 31.1. The Morgan fingerprint density at radius 3 is 1.33 bits per heavy atom. The maximum Gasteiger partial charge on any atom is 0.309 e. The van der Waals surface area contributed by atoms with Gasteiger partial charge in [0, 0.05) is 23.1 Å². The quantitative estimate of drug-likeness (QED) is 0.304. The maximum atomic E-state index is 11.9. The highest BCUT2D eigenvalue weighted by Crippen LogP contribution is 2.63. The number of carboxylic acid groups (broad SMARTS) is 2. The molecule has 8 atom stereocenters. The van der Waals surface area contributed by atoms with E-state index in [0.29, 0.717) is 23.7 Å². The molecular formula is C40H60MgO4. The van der Waals surface area contributed by atoms with Gasteiger partial charge in [0.05, 0.1) is 10.8 Å². The standard InChI is InChI=1S/2C20H30O2.Mg/c2*1-13(2)14-6-8-16-15(12-14)7-9-17-19(16,3)10-5-11-20(17,4)18(21)22;/h2*7,12-13,16-17H,5-6,8-11H2,1-4H3,(H,21,22);/t2*16-,17+,19+,20+;/m00./s1. The van der Waals surface area contributed by atoms with Gasteiger partial charge in [0.15, 0.2) is 0 Å². The van der Waals surface area contributed by atoms with Crippen LogP contribution in [0.5, 0.6) is 0 Å².